The van der Waals surface area contributed by atoms with E-state index < -0.39 is 0 Å². The van der Waals surface area contributed by atoms with Gasteiger partial charge in [-0.2, -0.15) is 0 Å². The molecular weight excluding hydrogens is 364 g/mol. The molecule has 0 unspecified atom stereocenters. The van der Waals surface area contributed by atoms with Crippen LogP contribution >= 0.6 is 0 Å². The fraction of sp³-hybridized carbons (Fsp3) is 0.250. The maximum atomic E-state index is 13.3. The SMILES string of the molecule is COc1ccc([C@H](NC(=O)c2ccccc2-c2ccccc2)C2CC(O)C2)cn1. The number of pyridine rings is 1. The number of methoxy groups -OCH3 is 1. The van der Waals surface area contributed by atoms with E-state index in [-0.39, 0.29) is 24.0 Å². The van der Waals surface area contributed by atoms with Crippen molar-refractivity contribution in [3.8, 4) is 17.0 Å². The van der Waals surface area contributed by atoms with E-state index in [0.717, 1.165) is 16.7 Å². The molecule has 1 saturated carbocycles. The number of carbonyl (C=O) groups excluding carboxylic acids is 1. The van der Waals surface area contributed by atoms with Gasteiger partial charge in [-0.25, -0.2) is 4.98 Å². The van der Waals surface area contributed by atoms with Crippen LogP contribution in [0.5, 0.6) is 5.88 Å². The Morgan fingerprint density at radius 1 is 1.07 bits per heavy atom. The van der Waals surface area contributed by atoms with Gasteiger partial charge in [0.15, 0.2) is 0 Å². The summed E-state index contributed by atoms with van der Waals surface area (Å²) in [4.78, 5) is 17.5. The normalized spacial score (nSPS) is 19.1. The third kappa shape index (κ3) is 4.15. The Hall–Kier alpha value is -3.18. The summed E-state index contributed by atoms with van der Waals surface area (Å²) in [7, 11) is 1.57. The molecule has 148 valence electrons. The summed E-state index contributed by atoms with van der Waals surface area (Å²) in [5.41, 5.74) is 3.43. The van der Waals surface area contributed by atoms with Gasteiger partial charge in [0, 0.05) is 17.8 Å². The first-order valence-electron chi connectivity index (χ1n) is 9.79. The average Bonchev–Trinajstić information content (AvgIpc) is 2.76. The van der Waals surface area contributed by atoms with Gasteiger partial charge < -0.3 is 15.2 Å². The first-order valence-corrected chi connectivity index (χ1v) is 9.79. The number of amides is 1. The second-order valence-electron chi connectivity index (χ2n) is 7.38. The van der Waals surface area contributed by atoms with Gasteiger partial charge in [0.2, 0.25) is 5.88 Å². The lowest BCUT2D eigenvalue weighted by Gasteiger charge is -2.38. The Kier molecular flexibility index (Phi) is 5.58. The number of carbonyl (C=O) groups is 1. The molecule has 3 aromatic rings. The van der Waals surface area contributed by atoms with E-state index in [9.17, 15) is 9.90 Å². The quantitative estimate of drug-likeness (QED) is 0.670. The lowest BCUT2D eigenvalue weighted by molar-refractivity contribution is 0.0234. The highest BCUT2D eigenvalue weighted by Gasteiger charge is 2.36. The molecule has 2 aromatic carbocycles. The van der Waals surface area contributed by atoms with Crippen LogP contribution < -0.4 is 10.1 Å². The van der Waals surface area contributed by atoms with E-state index in [4.69, 9.17) is 4.74 Å². The van der Waals surface area contributed by atoms with Crippen LogP contribution in [-0.2, 0) is 0 Å². The third-order valence-corrected chi connectivity index (χ3v) is 5.49. The number of aromatic nitrogens is 1. The van der Waals surface area contributed by atoms with Crippen LogP contribution in [0.3, 0.4) is 0 Å². The molecule has 0 saturated heterocycles. The van der Waals surface area contributed by atoms with E-state index in [2.05, 4.69) is 10.3 Å². The smallest absolute Gasteiger partial charge is 0.252 e. The fourth-order valence-corrected chi connectivity index (χ4v) is 3.84. The standard InChI is InChI=1S/C24H24N2O3/c1-29-22-12-11-17(15-25-22)23(18-13-19(27)14-18)26-24(28)21-10-6-5-9-20(21)16-7-3-2-4-8-16/h2-12,15,18-19,23,27H,13-14H2,1H3,(H,26,28)/t18?,19?,23-/m0/s1. The topological polar surface area (TPSA) is 71.5 Å². The molecule has 5 nitrogen and oxygen atoms in total. The molecule has 4 rings (SSSR count). The van der Waals surface area contributed by atoms with Gasteiger partial charge in [-0.3, -0.25) is 4.79 Å². The van der Waals surface area contributed by atoms with Gasteiger partial charge in [-0.05, 0) is 41.5 Å². The lowest BCUT2D eigenvalue weighted by Crippen LogP contribution is -2.41. The van der Waals surface area contributed by atoms with E-state index in [1.807, 2.05) is 60.7 Å². The maximum absolute atomic E-state index is 13.3. The minimum atomic E-state index is -0.304. The molecule has 0 radical (unpaired) electrons. The van der Waals surface area contributed by atoms with Crippen LogP contribution in [-0.4, -0.2) is 29.2 Å². The number of nitrogens with one attached hydrogen (secondary N) is 1. The number of nitrogens with zero attached hydrogens (tertiary/aromatic N) is 1. The first kappa shape index (κ1) is 19.2. The van der Waals surface area contributed by atoms with Crippen LogP contribution in [0, 0.1) is 5.92 Å². The van der Waals surface area contributed by atoms with E-state index in [1.165, 1.54) is 0 Å². The van der Waals surface area contributed by atoms with Crippen molar-refractivity contribution >= 4 is 5.91 Å². The second-order valence-corrected chi connectivity index (χ2v) is 7.38. The van der Waals surface area contributed by atoms with Crippen molar-refractivity contribution in [2.45, 2.75) is 25.0 Å². The number of aliphatic hydroxyl groups excluding tert-OH is 1. The molecule has 0 bridgehead atoms. The van der Waals surface area contributed by atoms with Crippen molar-refractivity contribution in [2.75, 3.05) is 7.11 Å². The predicted octanol–water partition coefficient (Wildman–Crippen LogP) is 4.00. The van der Waals surface area contributed by atoms with Gasteiger partial charge in [0.1, 0.15) is 0 Å². The largest absolute Gasteiger partial charge is 0.481 e. The molecule has 29 heavy (non-hydrogen) atoms. The van der Waals surface area contributed by atoms with Gasteiger partial charge in [0.05, 0.1) is 19.3 Å². The zero-order valence-electron chi connectivity index (χ0n) is 16.3. The van der Waals surface area contributed by atoms with Gasteiger partial charge in [-0.15, -0.1) is 0 Å². The van der Waals surface area contributed by atoms with Crippen molar-refractivity contribution in [1.29, 1.82) is 0 Å². The van der Waals surface area contributed by atoms with E-state index >= 15 is 0 Å². The average molecular weight is 388 g/mol. The molecular formula is C24H24N2O3. The highest BCUT2D eigenvalue weighted by Crippen LogP contribution is 2.38. The molecule has 1 atom stereocenters. The fourth-order valence-electron chi connectivity index (χ4n) is 3.84. The minimum Gasteiger partial charge on any atom is -0.481 e. The Morgan fingerprint density at radius 3 is 2.45 bits per heavy atom. The van der Waals surface area contributed by atoms with Gasteiger partial charge in [-0.1, -0.05) is 54.6 Å². The summed E-state index contributed by atoms with van der Waals surface area (Å²) in [6.07, 6.45) is 2.76. The number of benzene rings is 2. The summed E-state index contributed by atoms with van der Waals surface area (Å²) >= 11 is 0. The summed E-state index contributed by atoms with van der Waals surface area (Å²) in [5, 5.41) is 13.0. The van der Waals surface area contributed by atoms with E-state index in [0.29, 0.717) is 24.3 Å². The zero-order valence-corrected chi connectivity index (χ0v) is 16.3. The third-order valence-electron chi connectivity index (χ3n) is 5.49. The Morgan fingerprint density at radius 2 is 1.79 bits per heavy atom. The Bertz CT molecular complexity index is 967. The molecule has 0 aliphatic heterocycles. The molecule has 1 heterocycles. The number of hydrogen-bond donors (Lipinski definition) is 2. The van der Waals surface area contributed by atoms with Crippen molar-refractivity contribution in [3.05, 3.63) is 84.1 Å². The van der Waals surface area contributed by atoms with Gasteiger partial charge in [0.25, 0.3) is 5.91 Å². The molecule has 1 aliphatic carbocycles. The van der Waals surface area contributed by atoms with Crippen LogP contribution in [0.1, 0.15) is 34.8 Å². The highest BCUT2D eigenvalue weighted by molar-refractivity contribution is 6.01. The predicted molar refractivity (Wildman–Crippen MR) is 112 cm³/mol. The minimum absolute atomic E-state index is 0.133. The maximum Gasteiger partial charge on any atom is 0.252 e. The van der Waals surface area contributed by atoms with Crippen LogP contribution in [0.25, 0.3) is 11.1 Å². The molecule has 1 aromatic heterocycles. The number of aliphatic hydroxyl groups is 1. The van der Waals surface area contributed by atoms with Crippen molar-refractivity contribution < 1.29 is 14.6 Å². The molecule has 2 N–H and O–H groups in total. The van der Waals surface area contributed by atoms with Crippen LogP contribution in [0.15, 0.2) is 72.9 Å². The summed E-state index contributed by atoms with van der Waals surface area (Å²) < 4.78 is 5.14. The van der Waals surface area contributed by atoms with Crippen molar-refractivity contribution in [2.24, 2.45) is 5.92 Å². The van der Waals surface area contributed by atoms with E-state index in [1.54, 1.807) is 19.4 Å². The van der Waals surface area contributed by atoms with Crippen molar-refractivity contribution in [1.82, 2.24) is 10.3 Å². The monoisotopic (exact) mass is 388 g/mol. The Labute approximate surface area is 170 Å². The number of hydrogen-bond acceptors (Lipinski definition) is 4. The highest BCUT2D eigenvalue weighted by atomic mass is 16.5. The molecule has 5 heteroatoms. The number of rotatable bonds is 6. The molecule has 1 aliphatic rings. The molecule has 1 fully saturated rings. The zero-order chi connectivity index (χ0) is 20.2. The molecule has 1 amide bonds. The van der Waals surface area contributed by atoms with Crippen LogP contribution in [0.2, 0.25) is 0 Å². The summed E-state index contributed by atoms with van der Waals surface area (Å²) in [5.74, 6) is 0.571. The van der Waals surface area contributed by atoms with Gasteiger partial charge >= 0.3 is 0 Å². The van der Waals surface area contributed by atoms with Crippen molar-refractivity contribution in [3.63, 3.8) is 0 Å². The van der Waals surface area contributed by atoms with Crippen LogP contribution in [0.4, 0.5) is 0 Å². The number of ether oxygens (including phenoxy) is 1. The summed E-state index contributed by atoms with van der Waals surface area (Å²) in [6.45, 7) is 0. The Balaban J connectivity index is 1.62. The summed E-state index contributed by atoms with van der Waals surface area (Å²) in [6, 6.07) is 21.0. The lowest BCUT2D eigenvalue weighted by atomic mass is 9.75. The molecule has 0 spiro atoms. The second kappa shape index (κ2) is 8.45. The first-order chi connectivity index (χ1) is 14.2.